The van der Waals surface area contributed by atoms with E-state index in [4.69, 9.17) is 23.7 Å². The average molecular weight is 498 g/mol. The molecule has 6 aromatic rings. The van der Waals surface area contributed by atoms with Crippen LogP contribution in [-0.2, 0) is 9.31 Å². The maximum Gasteiger partial charge on any atom is 0.494 e. The van der Waals surface area contributed by atoms with E-state index >= 15 is 0 Å². The van der Waals surface area contributed by atoms with Gasteiger partial charge in [0.15, 0.2) is 5.82 Å². The molecule has 1 aliphatic heterocycles. The highest BCUT2D eigenvalue weighted by Crippen LogP contribution is 2.37. The van der Waals surface area contributed by atoms with Gasteiger partial charge in [-0.25, -0.2) is 9.97 Å². The SMILES string of the molecule is CC1(C)OB(c2ccc(-c3nc(-c4ccc5oc6ccccc6c5c4)c4ccccc4n3)cc2)OC1(C)C. The minimum absolute atomic E-state index is 0.381. The van der Waals surface area contributed by atoms with Crippen molar-refractivity contribution in [1.29, 1.82) is 0 Å². The van der Waals surface area contributed by atoms with Crippen LogP contribution in [0.4, 0.5) is 0 Å². The summed E-state index contributed by atoms with van der Waals surface area (Å²) in [5.41, 5.74) is 5.73. The first-order valence-electron chi connectivity index (χ1n) is 12.9. The number of para-hydroxylation sites is 2. The third-order valence-corrected chi connectivity index (χ3v) is 7.95. The lowest BCUT2D eigenvalue weighted by Gasteiger charge is -2.32. The van der Waals surface area contributed by atoms with Crippen molar-refractivity contribution < 1.29 is 13.7 Å². The summed E-state index contributed by atoms with van der Waals surface area (Å²) in [5.74, 6) is 0.677. The highest BCUT2D eigenvalue weighted by molar-refractivity contribution is 6.62. The second-order valence-electron chi connectivity index (χ2n) is 10.9. The van der Waals surface area contributed by atoms with Gasteiger partial charge in [0, 0.05) is 27.3 Å². The molecular weight excluding hydrogens is 471 g/mol. The molecule has 3 heterocycles. The van der Waals surface area contributed by atoms with Crippen LogP contribution >= 0.6 is 0 Å². The second-order valence-corrected chi connectivity index (χ2v) is 10.9. The van der Waals surface area contributed by atoms with E-state index in [1.165, 1.54) is 0 Å². The molecule has 0 amide bonds. The predicted molar refractivity (Wildman–Crippen MR) is 153 cm³/mol. The van der Waals surface area contributed by atoms with E-state index in [1.807, 2.05) is 66.7 Å². The van der Waals surface area contributed by atoms with E-state index in [-0.39, 0.29) is 11.2 Å². The molecule has 0 spiro atoms. The third-order valence-electron chi connectivity index (χ3n) is 7.95. The molecule has 38 heavy (non-hydrogen) atoms. The standard InChI is InChI=1S/C32H27BN2O3/c1-31(2)32(3,4)38-33(37-31)22-16-13-20(14-17-22)30-34-26-11-7-5-10-24(26)29(35-30)21-15-18-28-25(19-21)23-9-6-8-12-27(23)36-28/h5-19H,1-4H3. The van der Waals surface area contributed by atoms with Crippen molar-refractivity contribution in [3.05, 3.63) is 91.0 Å². The van der Waals surface area contributed by atoms with Crippen LogP contribution < -0.4 is 5.46 Å². The van der Waals surface area contributed by atoms with Crippen molar-refractivity contribution in [3.8, 4) is 22.6 Å². The Bertz CT molecular complexity index is 1820. The summed E-state index contributed by atoms with van der Waals surface area (Å²) in [5, 5.41) is 3.19. The number of hydrogen-bond donors (Lipinski definition) is 0. The molecule has 0 radical (unpaired) electrons. The molecule has 7 rings (SSSR count). The summed E-state index contributed by atoms with van der Waals surface area (Å²) in [6, 6.07) is 30.7. The number of nitrogens with zero attached hydrogens (tertiary/aromatic N) is 2. The van der Waals surface area contributed by atoms with Gasteiger partial charge in [0.2, 0.25) is 0 Å². The highest BCUT2D eigenvalue weighted by atomic mass is 16.7. The van der Waals surface area contributed by atoms with Crippen LogP contribution in [0.1, 0.15) is 27.7 Å². The molecule has 0 saturated carbocycles. The van der Waals surface area contributed by atoms with Crippen molar-refractivity contribution in [2.24, 2.45) is 0 Å². The van der Waals surface area contributed by atoms with Crippen molar-refractivity contribution in [1.82, 2.24) is 9.97 Å². The normalized spacial score (nSPS) is 16.6. The van der Waals surface area contributed by atoms with Crippen molar-refractivity contribution >= 4 is 45.4 Å². The van der Waals surface area contributed by atoms with E-state index < -0.39 is 7.12 Å². The molecule has 0 unspecified atom stereocenters. The summed E-state index contributed by atoms with van der Waals surface area (Å²) in [6.07, 6.45) is 0. The topological polar surface area (TPSA) is 57.4 Å². The Morgan fingerprint density at radius 1 is 0.605 bits per heavy atom. The number of hydrogen-bond acceptors (Lipinski definition) is 5. The van der Waals surface area contributed by atoms with Gasteiger partial charge in [-0.2, -0.15) is 0 Å². The maximum atomic E-state index is 6.23. The lowest BCUT2D eigenvalue weighted by molar-refractivity contribution is 0.00578. The number of benzene rings is 4. The first-order valence-corrected chi connectivity index (χ1v) is 12.9. The summed E-state index contributed by atoms with van der Waals surface area (Å²) in [7, 11) is -0.404. The molecular formula is C32H27BN2O3. The van der Waals surface area contributed by atoms with Gasteiger partial charge < -0.3 is 13.7 Å². The third kappa shape index (κ3) is 3.63. The molecule has 1 saturated heterocycles. The number of furan rings is 1. The fourth-order valence-electron chi connectivity index (χ4n) is 5.07. The lowest BCUT2D eigenvalue weighted by Crippen LogP contribution is -2.41. The van der Waals surface area contributed by atoms with Gasteiger partial charge >= 0.3 is 7.12 Å². The van der Waals surface area contributed by atoms with Crippen molar-refractivity contribution in [2.45, 2.75) is 38.9 Å². The Labute approximate surface area is 221 Å². The molecule has 0 atom stereocenters. The van der Waals surface area contributed by atoms with Crippen LogP contribution in [0.5, 0.6) is 0 Å². The van der Waals surface area contributed by atoms with E-state index in [2.05, 4.69) is 52.0 Å². The molecule has 4 aromatic carbocycles. The largest absolute Gasteiger partial charge is 0.494 e. The maximum absolute atomic E-state index is 6.23. The van der Waals surface area contributed by atoms with Gasteiger partial charge in [-0.05, 0) is 63.5 Å². The van der Waals surface area contributed by atoms with Crippen LogP contribution in [-0.4, -0.2) is 28.3 Å². The van der Waals surface area contributed by atoms with Crippen LogP contribution in [0.25, 0.3) is 55.5 Å². The smallest absolute Gasteiger partial charge is 0.456 e. The first kappa shape index (κ1) is 23.1. The van der Waals surface area contributed by atoms with Crippen LogP contribution in [0.15, 0.2) is 95.4 Å². The number of fused-ring (bicyclic) bond motifs is 4. The number of aromatic nitrogens is 2. The molecule has 0 aliphatic carbocycles. The minimum Gasteiger partial charge on any atom is -0.456 e. The van der Waals surface area contributed by atoms with Gasteiger partial charge in [-0.1, -0.05) is 60.7 Å². The zero-order valence-corrected chi connectivity index (χ0v) is 21.9. The molecule has 186 valence electrons. The fraction of sp³-hybridized carbons (Fsp3) is 0.188. The second kappa shape index (κ2) is 8.25. The molecule has 6 heteroatoms. The van der Waals surface area contributed by atoms with Crippen molar-refractivity contribution in [2.75, 3.05) is 0 Å². The van der Waals surface area contributed by atoms with Crippen molar-refractivity contribution in [3.63, 3.8) is 0 Å². The van der Waals surface area contributed by atoms with E-state index in [0.29, 0.717) is 5.82 Å². The van der Waals surface area contributed by atoms with Crippen LogP contribution in [0.2, 0.25) is 0 Å². The van der Waals surface area contributed by atoms with Gasteiger partial charge in [-0.15, -0.1) is 0 Å². The molecule has 0 bridgehead atoms. The summed E-state index contributed by atoms with van der Waals surface area (Å²) >= 11 is 0. The van der Waals surface area contributed by atoms with Crippen LogP contribution in [0.3, 0.4) is 0 Å². The van der Waals surface area contributed by atoms with Crippen LogP contribution in [0, 0.1) is 0 Å². The van der Waals surface area contributed by atoms with Gasteiger partial charge in [-0.3, -0.25) is 0 Å². The Morgan fingerprint density at radius 3 is 2.00 bits per heavy atom. The number of rotatable bonds is 3. The minimum atomic E-state index is -0.404. The molecule has 2 aromatic heterocycles. The zero-order chi connectivity index (χ0) is 26.1. The van der Waals surface area contributed by atoms with Gasteiger partial charge in [0.25, 0.3) is 0 Å². The summed E-state index contributed by atoms with van der Waals surface area (Å²) in [4.78, 5) is 10.00. The van der Waals surface area contributed by atoms with E-state index in [1.54, 1.807) is 0 Å². The molecule has 1 aliphatic rings. The molecule has 5 nitrogen and oxygen atoms in total. The Morgan fingerprint density at radius 2 is 1.24 bits per heavy atom. The Kier molecular flexibility index (Phi) is 5.03. The molecule has 0 N–H and O–H groups in total. The Balaban J connectivity index is 1.32. The summed E-state index contributed by atoms with van der Waals surface area (Å²) < 4.78 is 18.5. The first-order chi connectivity index (χ1) is 18.3. The Hall–Kier alpha value is -4.00. The van der Waals surface area contributed by atoms with E-state index in [9.17, 15) is 0 Å². The lowest BCUT2D eigenvalue weighted by atomic mass is 9.79. The predicted octanol–water partition coefficient (Wildman–Crippen LogP) is 7.16. The monoisotopic (exact) mass is 498 g/mol. The molecule has 1 fully saturated rings. The van der Waals surface area contributed by atoms with Gasteiger partial charge in [0.05, 0.1) is 22.4 Å². The highest BCUT2D eigenvalue weighted by Gasteiger charge is 2.51. The summed E-state index contributed by atoms with van der Waals surface area (Å²) in [6.45, 7) is 8.26. The zero-order valence-electron chi connectivity index (χ0n) is 21.9. The van der Waals surface area contributed by atoms with E-state index in [0.717, 1.165) is 55.1 Å². The quantitative estimate of drug-likeness (QED) is 0.242. The van der Waals surface area contributed by atoms with Gasteiger partial charge in [0.1, 0.15) is 11.2 Å². The fourth-order valence-corrected chi connectivity index (χ4v) is 5.07. The average Bonchev–Trinajstić information content (AvgIpc) is 3.40.